The minimum Gasteiger partial charge on any atom is -0.309 e. The zero-order chi connectivity index (χ0) is 14.9. The molecule has 2 rings (SSSR count). The highest BCUT2D eigenvalue weighted by atomic mass is 79.9. The molecule has 2 aromatic rings. The van der Waals surface area contributed by atoms with E-state index in [0.717, 1.165) is 0 Å². The maximum absolute atomic E-state index is 13.0. The summed E-state index contributed by atoms with van der Waals surface area (Å²) in [4.78, 5) is 19.0. The summed E-state index contributed by atoms with van der Waals surface area (Å²) in [5.74, 6) is 0.239. The summed E-state index contributed by atoms with van der Waals surface area (Å²) < 4.78 is 13.5. The van der Waals surface area contributed by atoms with E-state index in [0.29, 0.717) is 33.0 Å². The molecule has 0 saturated heterocycles. The van der Waals surface area contributed by atoms with Crippen LogP contribution in [0.5, 0.6) is 0 Å². The van der Waals surface area contributed by atoms with E-state index in [1.165, 1.54) is 12.1 Å². The predicted octanol–water partition coefficient (Wildman–Crippen LogP) is 4.04. The number of H-pyrrole nitrogens is 1. The van der Waals surface area contributed by atoms with Crippen LogP contribution in [0.25, 0.3) is 0 Å². The standard InChI is InChI=1S/C14H13BrClFN2O/c1-7(2)13-12(15)14(20)19-11(18-13)5-8-3-4-9(17)6-10(8)16/h3-4,6-7H,5H2,1-2H3,(H,18,19,20). The summed E-state index contributed by atoms with van der Waals surface area (Å²) in [7, 11) is 0. The van der Waals surface area contributed by atoms with Crippen molar-refractivity contribution >= 4 is 27.5 Å². The molecule has 0 aliphatic heterocycles. The van der Waals surface area contributed by atoms with Crippen LogP contribution >= 0.6 is 27.5 Å². The fourth-order valence-corrected chi connectivity index (χ4v) is 2.72. The van der Waals surface area contributed by atoms with Crippen molar-refractivity contribution in [1.29, 1.82) is 0 Å². The zero-order valence-electron chi connectivity index (χ0n) is 11.0. The van der Waals surface area contributed by atoms with Crippen LogP contribution in [-0.4, -0.2) is 9.97 Å². The highest BCUT2D eigenvalue weighted by Gasteiger charge is 2.13. The Bertz CT molecular complexity index is 700. The van der Waals surface area contributed by atoms with Crippen LogP contribution in [0.2, 0.25) is 5.02 Å². The molecule has 0 aliphatic carbocycles. The van der Waals surface area contributed by atoms with E-state index in [1.54, 1.807) is 6.07 Å². The third kappa shape index (κ3) is 3.27. The molecule has 6 heteroatoms. The van der Waals surface area contributed by atoms with Gasteiger partial charge in [-0.25, -0.2) is 9.37 Å². The van der Waals surface area contributed by atoms with E-state index in [2.05, 4.69) is 25.9 Å². The quantitative estimate of drug-likeness (QED) is 0.899. The van der Waals surface area contributed by atoms with E-state index in [1.807, 2.05) is 13.8 Å². The number of benzene rings is 1. The van der Waals surface area contributed by atoms with Crippen LogP contribution in [0.3, 0.4) is 0 Å². The molecule has 20 heavy (non-hydrogen) atoms. The molecule has 1 heterocycles. The van der Waals surface area contributed by atoms with Crippen LogP contribution in [0, 0.1) is 5.82 Å². The van der Waals surface area contributed by atoms with E-state index < -0.39 is 0 Å². The van der Waals surface area contributed by atoms with Gasteiger partial charge in [0.1, 0.15) is 16.1 Å². The average Bonchev–Trinajstić information content (AvgIpc) is 2.36. The number of rotatable bonds is 3. The van der Waals surface area contributed by atoms with Gasteiger partial charge in [0.05, 0.1) is 5.69 Å². The van der Waals surface area contributed by atoms with Gasteiger partial charge in [0.25, 0.3) is 5.56 Å². The highest BCUT2D eigenvalue weighted by molar-refractivity contribution is 9.10. The van der Waals surface area contributed by atoms with Gasteiger partial charge < -0.3 is 4.98 Å². The molecule has 0 spiro atoms. The van der Waals surface area contributed by atoms with Crippen molar-refractivity contribution in [2.45, 2.75) is 26.2 Å². The second-order valence-electron chi connectivity index (χ2n) is 4.78. The second-order valence-corrected chi connectivity index (χ2v) is 5.98. The Kier molecular flexibility index (Phi) is 4.60. The molecular formula is C14H13BrClFN2O. The zero-order valence-corrected chi connectivity index (χ0v) is 13.3. The molecule has 1 N–H and O–H groups in total. The van der Waals surface area contributed by atoms with Gasteiger partial charge in [-0.15, -0.1) is 0 Å². The Hall–Kier alpha value is -1.20. The smallest absolute Gasteiger partial charge is 0.265 e. The van der Waals surface area contributed by atoms with E-state index in [4.69, 9.17) is 11.6 Å². The molecule has 0 atom stereocenters. The van der Waals surface area contributed by atoms with Gasteiger partial charge in [-0.2, -0.15) is 0 Å². The summed E-state index contributed by atoms with van der Waals surface area (Å²) >= 11 is 9.23. The van der Waals surface area contributed by atoms with Gasteiger partial charge in [-0.05, 0) is 39.5 Å². The van der Waals surface area contributed by atoms with Gasteiger partial charge >= 0.3 is 0 Å². The maximum atomic E-state index is 13.0. The van der Waals surface area contributed by atoms with Crippen LogP contribution in [0.1, 0.15) is 36.8 Å². The normalized spacial score (nSPS) is 11.1. The fourth-order valence-electron chi connectivity index (χ4n) is 1.84. The monoisotopic (exact) mass is 358 g/mol. The van der Waals surface area contributed by atoms with Gasteiger partial charge in [-0.1, -0.05) is 31.5 Å². The first-order valence-corrected chi connectivity index (χ1v) is 7.28. The van der Waals surface area contributed by atoms with Crippen LogP contribution in [-0.2, 0) is 6.42 Å². The molecule has 0 aliphatic rings. The summed E-state index contributed by atoms with van der Waals surface area (Å²) in [6, 6.07) is 4.17. The minimum atomic E-state index is -0.390. The molecule has 0 fully saturated rings. The SMILES string of the molecule is CC(C)c1nc(Cc2ccc(F)cc2Cl)[nH]c(=O)c1Br. The number of hydrogen-bond donors (Lipinski definition) is 1. The van der Waals surface area contributed by atoms with E-state index in [-0.39, 0.29) is 17.3 Å². The third-order valence-electron chi connectivity index (χ3n) is 2.86. The molecule has 0 saturated carbocycles. The molecule has 0 amide bonds. The number of halogens is 3. The summed E-state index contributed by atoms with van der Waals surface area (Å²) in [5, 5.41) is 0.321. The minimum absolute atomic E-state index is 0.120. The third-order valence-corrected chi connectivity index (χ3v) is 3.98. The first-order chi connectivity index (χ1) is 9.38. The fraction of sp³-hybridized carbons (Fsp3) is 0.286. The van der Waals surface area contributed by atoms with Crippen molar-refractivity contribution in [3.63, 3.8) is 0 Å². The van der Waals surface area contributed by atoms with Crippen molar-refractivity contribution in [1.82, 2.24) is 9.97 Å². The molecule has 1 aromatic carbocycles. The van der Waals surface area contributed by atoms with Crippen molar-refractivity contribution in [2.75, 3.05) is 0 Å². The number of aromatic nitrogens is 2. The van der Waals surface area contributed by atoms with Gasteiger partial charge in [0, 0.05) is 11.4 Å². The lowest BCUT2D eigenvalue weighted by Gasteiger charge is -2.10. The summed E-state index contributed by atoms with van der Waals surface area (Å²) in [6.07, 6.45) is 0.349. The Balaban J connectivity index is 2.41. The number of nitrogens with one attached hydrogen (secondary N) is 1. The molecule has 106 valence electrons. The van der Waals surface area contributed by atoms with Crippen LogP contribution in [0.15, 0.2) is 27.5 Å². The first kappa shape index (κ1) is 15.2. The van der Waals surface area contributed by atoms with Crippen LogP contribution in [0.4, 0.5) is 4.39 Å². The lowest BCUT2D eigenvalue weighted by atomic mass is 10.1. The van der Waals surface area contributed by atoms with E-state index in [9.17, 15) is 9.18 Å². The largest absolute Gasteiger partial charge is 0.309 e. The van der Waals surface area contributed by atoms with Crippen molar-refractivity contribution < 1.29 is 4.39 Å². The van der Waals surface area contributed by atoms with Gasteiger partial charge in [0.2, 0.25) is 0 Å². The number of aromatic amines is 1. The average molecular weight is 360 g/mol. The van der Waals surface area contributed by atoms with Gasteiger partial charge in [-0.3, -0.25) is 4.79 Å². The van der Waals surface area contributed by atoms with Crippen LogP contribution < -0.4 is 5.56 Å². The van der Waals surface area contributed by atoms with Gasteiger partial charge in [0.15, 0.2) is 0 Å². The molecule has 1 aromatic heterocycles. The highest BCUT2D eigenvalue weighted by Crippen LogP contribution is 2.22. The number of hydrogen-bond acceptors (Lipinski definition) is 2. The van der Waals surface area contributed by atoms with Crippen molar-refractivity contribution in [2.24, 2.45) is 0 Å². The predicted molar refractivity (Wildman–Crippen MR) is 80.9 cm³/mol. The molecule has 0 unspecified atom stereocenters. The second kappa shape index (κ2) is 6.06. The Morgan fingerprint density at radius 1 is 1.45 bits per heavy atom. The first-order valence-electron chi connectivity index (χ1n) is 6.11. The number of nitrogens with zero attached hydrogens (tertiary/aromatic N) is 1. The summed E-state index contributed by atoms with van der Waals surface area (Å²) in [6.45, 7) is 3.92. The Morgan fingerprint density at radius 2 is 2.15 bits per heavy atom. The lowest BCUT2D eigenvalue weighted by molar-refractivity contribution is 0.627. The van der Waals surface area contributed by atoms with Crippen molar-refractivity contribution in [3.05, 3.63) is 60.9 Å². The molecular weight excluding hydrogens is 347 g/mol. The van der Waals surface area contributed by atoms with E-state index >= 15 is 0 Å². The van der Waals surface area contributed by atoms with Crippen molar-refractivity contribution in [3.8, 4) is 0 Å². The molecule has 0 radical (unpaired) electrons. The molecule has 3 nitrogen and oxygen atoms in total. The lowest BCUT2D eigenvalue weighted by Crippen LogP contribution is -2.16. The Morgan fingerprint density at radius 3 is 2.75 bits per heavy atom. The summed E-state index contributed by atoms with van der Waals surface area (Å²) in [5.41, 5.74) is 1.19. The maximum Gasteiger partial charge on any atom is 0.265 e. The topological polar surface area (TPSA) is 45.8 Å². The molecule has 0 bridgehead atoms. The Labute approximate surface area is 129 Å².